The summed E-state index contributed by atoms with van der Waals surface area (Å²) in [6, 6.07) is 20.4. The van der Waals surface area contributed by atoms with Crippen molar-refractivity contribution in [3.05, 3.63) is 78.1 Å². The average molecular weight is 417 g/mol. The predicted molar refractivity (Wildman–Crippen MR) is 124 cm³/mol. The van der Waals surface area contributed by atoms with Crippen molar-refractivity contribution in [3.63, 3.8) is 0 Å². The maximum Gasteiger partial charge on any atom is 0.227 e. The molecular weight excluding hydrogens is 388 g/mol. The van der Waals surface area contributed by atoms with Gasteiger partial charge in [0.15, 0.2) is 17.0 Å². The lowest BCUT2D eigenvalue weighted by atomic mass is 10.2. The Morgan fingerprint density at radius 1 is 1.00 bits per heavy atom. The Hall–Kier alpha value is -3.45. The van der Waals surface area contributed by atoms with E-state index >= 15 is 0 Å². The third-order valence-corrected chi connectivity index (χ3v) is 5.31. The molecule has 0 aliphatic heterocycles. The number of benzene rings is 2. The van der Waals surface area contributed by atoms with Gasteiger partial charge >= 0.3 is 0 Å². The molecule has 0 saturated heterocycles. The lowest BCUT2D eigenvalue weighted by molar-refractivity contribution is 0.271. The van der Waals surface area contributed by atoms with Gasteiger partial charge in [-0.05, 0) is 17.5 Å². The van der Waals surface area contributed by atoms with Gasteiger partial charge in [-0.1, -0.05) is 67.6 Å². The van der Waals surface area contributed by atoms with Gasteiger partial charge in [0, 0.05) is 13.6 Å². The van der Waals surface area contributed by atoms with Crippen LogP contribution >= 0.6 is 0 Å². The van der Waals surface area contributed by atoms with E-state index in [-0.39, 0.29) is 12.6 Å². The number of fused-ring (bicyclic) bond motifs is 1. The highest BCUT2D eigenvalue weighted by molar-refractivity contribution is 5.85. The maximum absolute atomic E-state index is 9.64. The lowest BCUT2D eigenvalue weighted by Gasteiger charge is -2.21. The van der Waals surface area contributed by atoms with Gasteiger partial charge in [-0.25, -0.2) is 4.98 Å². The summed E-state index contributed by atoms with van der Waals surface area (Å²) in [6.07, 6.45) is 2.59. The molecule has 0 saturated carbocycles. The van der Waals surface area contributed by atoms with E-state index in [1.54, 1.807) is 0 Å². The van der Waals surface area contributed by atoms with Crippen LogP contribution in [-0.2, 0) is 13.1 Å². The third-order valence-electron chi connectivity index (χ3n) is 5.31. The van der Waals surface area contributed by atoms with Gasteiger partial charge in [0.25, 0.3) is 0 Å². The molecule has 160 valence electrons. The van der Waals surface area contributed by atoms with Crippen LogP contribution in [0.2, 0.25) is 0 Å². The van der Waals surface area contributed by atoms with Crippen LogP contribution in [-0.4, -0.2) is 44.3 Å². The number of hydrogen-bond donors (Lipinski definition) is 2. The highest BCUT2D eigenvalue weighted by Gasteiger charge is 2.18. The summed E-state index contributed by atoms with van der Waals surface area (Å²) >= 11 is 0. The fourth-order valence-electron chi connectivity index (χ4n) is 3.55. The number of hydrogen-bond acceptors (Lipinski definition) is 6. The summed E-state index contributed by atoms with van der Waals surface area (Å²) in [5.74, 6) is 1.26. The molecule has 4 rings (SSSR count). The first-order chi connectivity index (χ1) is 15.2. The average Bonchev–Trinajstić information content (AvgIpc) is 3.20. The van der Waals surface area contributed by atoms with E-state index in [9.17, 15) is 5.11 Å². The highest BCUT2D eigenvalue weighted by Crippen LogP contribution is 2.26. The Kier molecular flexibility index (Phi) is 6.43. The predicted octanol–water partition coefficient (Wildman–Crippen LogP) is 3.69. The van der Waals surface area contributed by atoms with Crippen LogP contribution in [0.1, 0.15) is 24.5 Å². The third kappa shape index (κ3) is 4.83. The molecule has 7 heteroatoms. The summed E-state index contributed by atoms with van der Waals surface area (Å²) in [5, 5.41) is 12.9. The zero-order valence-electron chi connectivity index (χ0n) is 17.9. The summed E-state index contributed by atoms with van der Waals surface area (Å²) in [6.45, 7) is 3.42. The molecule has 0 fully saturated rings. The Morgan fingerprint density at radius 2 is 1.68 bits per heavy atom. The molecule has 0 amide bonds. The molecule has 1 unspecified atom stereocenters. The second kappa shape index (κ2) is 9.57. The van der Waals surface area contributed by atoms with Crippen molar-refractivity contribution in [2.24, 2.45) is 0 Å². The van der Waals surface area contributed by atoms with E-state index in [1.807, 2.05) is 61.3 Å². The number of nitrogens with zero attached hydrogens (tertiary/aromatic N) is 5. The largest absolute Gasteiger partial charge is 0.394 e. The molecule has 0 bridgehead atoms. The van der Waals surface area contributed by atoms with Crippen molar-refractivity contribution < 1.29 is 5.11 Å². The molecule has 1 atom stereocenters. The lowest BCUT2D eigenvalue weighted by Crippen LogP contribution is -2.25. The van der Waals surface area contributed by atoms with E-state index in [1.165, 1.54) is 11.1 Å². The number of rotatable bonds is 9. The summed E-state index contributed by atoms with van der Waals surface area (Å²) in [7, 11) is 2.01. The van der Waals surface area contributed by atoms with Crippen LogP contribution in [0.3, 0.4) is 0 Å². The zero-order valence-corrected chi connectivity index (χ0v) is 17.9. The van der Waals surface area contributed by atoms with E-state index in [2.05, 4.69) is 39.5 Å². The van der Waals surface area contributed by atoms with Crippen LogP contribution in [0.5, 0.6) is 0 Å². The summed E-state index contributed by atoms with van der Waals surface area (Å²) in [4.78, 5) is 16.3. The molecule has 0 aliphatic carbocycles. The van der Waals surface area contributed by atoms with Crippen LogP contribution in [0.15, 0.2) is 67.0 Å². The Balaban J connectivity index is 1.74. The number of aliphatic hydroxyl groups is 1. The standard InChI is InChI=1S/C24H28N6O/c1-3-20(16-31)26-24-27-22(29(2)14-18-10-6-4-7-11-18)21-23(28-24)30(17-25-21)15-19-12-8-5-9-13-19/h4-13,17,20,31H,3,14-16H2,1-2H3,(H,26,27,28). The van der Waals surface area contributed by atoms with Gasteiger partial charge in [-0.15, -0.1) is 0 Å². The number of aromatic nitrogens is 4. The highest BCUT2D eigenvalue weighted by atomic mass is 16.3. The first-order valence-corrected chi connectivity index (χ1v) is 10.6. The molecule has 4 aromatic rings. The summed E-state index contributed by atoms with van der Waals surface area (Å²) in [5.41, 5.74) is 3.90. The molecule has 31 heavy (non-hydrogen) atoms. The Labute approximate surface area is 182 Å². The van der Waals surface area contributed by atoms with Crippen LogP contribution in [0.4, 0.5) is 11.8 Å². The normalized spacial score (nSPS) is 12.1. The second-order valence-corrected chi connectivity index (χ2v) is 7.67. The second-order valence-electron chi connectivity index (χ2n) is 7.67. The molecule has 2 aromatic carbocycles. The van der Waals surface area contributed by atoms with Crippen molar-refractivity contribution in [2.75, 3.05) is 23.9 Å². The smallest absolute Gasteiger partial charge is 0.227 e. The minimum Gasteiger partial charge on any atom is -0.394 e. The summed E-state index contributed by atoms with van der Waals surface area (Å²) < 4.78 is 2.04. The Morgan fingerprint density at radius 3 is 2.32 bits per heavy atom. The zero-order chi connectivity index (χ0) is 21.6. The first-order valence-electron chi connectivity index (χ1n) is 10.6. The van der Waals surface area contributed by atoms with E-state index in [0.717, 1.165) is 23.4 Å². The van der Waals surface area contributed by atoms with Crippen LogP contribution in [0, 0.1) is 0 Å². The fourth-order valence-corrected chi connectivity index (χ4v) is 3.55. The van der Waals surface area contributed by atoms with Gasteiger partial charge in [0.2, 0.25) is 5.95 Å². The molecule has 0 aliphatic rings. The van der Waals surface area contributed by atoms with Crippen molar-refractivity contribution in [2.45, 2.75) is 32.5 Å². The monoisotopic (exact) mass is 416 g/mol. The number of aliphatic hydroxyl groups excluding tert-OH is 1. The van der Waals surface area contributed by atoms with Gasteiger partial charge in [0.05, 0.1) is 25.5 Å². The van der Waals surface area contributed by atoms with E-state index < -0.39 is 0 Å². The van der Waals surface area contributed by atoms with E-state index in [0.29, 0.717) is 19.0 Å². The molecule has 2 aromatic heterocycles. The molecule has 2 heterocycles. The van der Waals surface area contributed by atoms with Gasteiger partial charge in [0.1, 0.15) is 0 Å². The number of nitrogens with one attached hydrogen (secondary N) is 1. The number of imidazole rings is 1. The van der Waals surface area contributed by atoms with Crippen molar-refractivity contribution >= 4 is 22.9 Å². The molecular formula is C24H28N6O. The topological polar surface area (TPSA) is 79.1 Å². The van der Waals surface area contributed by atoms with Gasteiger partial charge in [-0.3, -0.25) is 0 Å². The number of anilines is 2. The minimum atomic E-state index is -0.102. The van der Waals surface area contributed by atoms with Crippen molar-refractivity contribution in [3.8, 4) is 0 Å². The van der Waals surface area contributed by atoms with Crippen LogP contribution in [0.25, 0.3) is 11.2 Å². The molecule has 7 nitrogen and oxygen atoms in total. The van der Waals surface area contributed by atoms with Crippen molar-refractivity contribution in [1.29, 1.82) is 0 Å². The first kappa shape index (κ1) is 20.8. The molecule has 0 spiro atoms. The van der Waals surface area contributed by atoms with Gasteiger partial charge in [-0.2, -0.15) is 9.97 Å². The van der Waals surface area contributed by atoms with Crippen molar-refractivity contribution in [1.82, 2.24) is 19.5 Å². The van der Waals surface area contributed by atoms with E-state index in [4.69, 9.17) is 9.97 Å². The molecule has 2 N–H and O–H groups in total. The Bertz CT molecular complexity index is 1110. The van der Waals surface area contributed by atoms with Crippen LogP contribution < -0.4 is 10.2 Å². The SMILES string of the molecule is CCC(CO)Nc1nc(N(C)Cc2ccccc2)c2ncn(Cc3ccccc3)c2n1. The van der Waals surface area contributed by atoms with Gasteiger partial charge < -0.3 is 19.9 Å². The maximum atomic E-state index is 9.64. The quantitative estimate of drug-likeness (QED) is 0.433. The molecule has 0 radical (unpaired) electrons. The minimum absolute atomic E-state index is 0.0242. The fraction of sp³-hybridized carbons (Fsp3) is 0.292.